The summed E-state index contributed by atoms with van der Waals surface area (Å²) in [6.07, 6.45) is 0.952. The van der Waals surface area contributed by atoms with E-state index in [1.807, 2.05) is 6.92 Å². The van der Waals surface area contributed by atoms with Crippen molar-refractivity contribution in [3.05, 3.63) is 24.3 Å². The van der Waals surface area contributed by atoms with Crippen molar-refractivity contribution in [1.29, 1.82) is 0 Å². The van der Waals surface area contributed by atoms with Gasteiger partial charge in [0.25, 0.3) is 0 Å². The van der Waals surface area contributed by atoms with E-state index in [1.165, 1.54) is 27.2 Å². The molecule has 0 aliphatic carbocycles. The van der Waals surface area contributed by atoms with E-state index >= 15 is 0 Å². The van der Waals surface area contributed by atoms with Crippen molar-refractivity contribution in [2.45, 2.75) is 37.1 Å². The maximum Gasteiger partial charge on any atom is 0.326 e. The second-order valence-corrected chi connectivity index (χ2v) is 6.48. The van der Waals surface area contributed by atoms with Crippen molar-refractivity contribution >= 4 is 16.0 Å². The number of sulfonamides is 1. The zero-order valence-electron chi connectivity index (χ0n) is 12.7. The Hall–Kier alpha value is -1.60. The topological polar surface area (TPSA) is 81.7 Å². The van der Waals surface area contributed by atoms with Crippen LogP contribution in [-0.4, -0.2) is 34.1 Å². The number of carbonyl (C=O) groups is 1. The van der Waals surface area contributed by atoms with Gasteiger partial charge in [0.1, 0.15) is 16.2 Å². The van der Waals surface area contributed by atoms with Gasteiger partial charge in [-0.25, -0.2) is 8.42 Å². The highest BCUT2D eigenvalue weighted by atomic mass is 32.2. The highest BCUT2D eigenvalue weighted by Gasteiger charge is 2.38. The highest BCUT2D eigenvalue weighted by molar-refractivity contribution is 7.89. The van der Waals surface area contributed by atoms with Gasteiger partial charge in [0, 0.05) is 0 Å². The van der Waals surface area contributed by atoms with Crippen LogP contribution in [-0.2, 0) is 19.6 Å². The van der Waals surface area contributed by atoms with Crippen LogP contribution in [0.3, 0.4) is 0 Å². The number of benzene rings is 1. The molecule has 1 aromatic carbocycles. The van der Waals surface area contributed by atoms with E-state index in [2.05, 4.69) is 4.72 Å². The Morgan fingerprint density at radius 2 is 1.90 bits per heavy atom. The van der Waals surface area contributed by atoms with Gasteiger partial charge in [0.05, 0.1) is 14.2 Å². The molecular formula is C14H21NO5S. The van der Waals surface area contributed by atoms with E-state index in [4.69, 9.17) is 9.47 Å². The zero-order chi connectivity index (χ0) is 16.1. The van der Waals surface area contributed by atoms with E-state index in [-0.39, 0.29) is 10.6 Å². The van der Waals surface area contributed by atoms with Crippen LogP contribution >= 0.6 is 0 Å². The third-order valence-corrected chi connectivity index (χ3v) is 4.74. The van der Waals surface area contributed by atoms with Crippen molar-refractivity contribution < 1.29 is 22.7 Å². The van der Waals surface area contributed by atoms with Crippen molar-refractivity contribution in [2.24, 2.45) is 0 Å². The quantitative estimate of drug-likeness (QED) is 0.775. The lowest BCUT2D eigenvalue weighted by Crippen LogP contribution is -2.52. The number of rotatable bonds is 7. The number of nitrogens with one attached hydrogen (secondary N) is 1. The van der Waals surface area contributed by atoms with Gasteiger partial charge in [-0.15, -0.1) is 0 Å². The third kappa shape index (κ3) is 3.95. The summed E-state index contributed by atoms with van der Waals surface area (Å²) in [5.41, 5.74) is -1.32. The number of hydrogen-bond donors (Lipinski definition) is 1. The van der Waals surface area contributed by atoms with Gasteiger partial charge in [-0.2, -0.15) is 4.72 Å². The zero-order valence-corrected chi connectivity index (χ0v) is 13.5. The first-order valence-corrected chi connectivity index (χ1v) is 8.04. The second-order valence-electron chi connectivity index (χ2n) is 4.83. The Morgan fingerprint density at radius 3 is 2.43 bits per heavy atom. The first kappa shape index (κ1) is 17.5. The molecule has 1 unspecified atom stereocenters. The fraction of sp³-hybridized carbons (Fsp3) is 0.500. The summed E-state index contributed by atoms with van der Waals surface area (Å²) in [5.74, 6) is -0.406. The molecular weight excluding hydrogens is 294 g/mol. The van der Waals surface area contributed by atoms with Gasteiger partial charge >= 0.3 is 5.97 Å². The number of carbonyl (C=O) groups excluding carboxylic acids is 1. The van der Waals surface area contributed by atoms with Crippen LogP contribution in [0.4, 0.5) is 0 Å². The normalized spacial score (nSPS) is 14.3. The molecule has 0 aliphatic heterocycles. The predicted molar refractivity (Wildman–Crippen MR) is 78.6 cm³/mol. The van der Waals surface area contributed by atoms with Crippen LogP contribution in [0.5, 0.6) is 5.75 Å². The molecule has 0 aliphatic rings. The molecule has 1 atom stereocenters. The molecule has 0 radical (unpaired) electrons. The van der Waals surface area contributed by atoms with Crippen LogP contribution < -0.4 is 9.46 Å². The summed E-state index contributed by atoms with van der Waals surface area (Å²) in [6.45, 7) is 3.37. The minimum absolute atomic E-state index is 0.0151. The molecule has 1 aromatic rings. The van der Waals surface area contributed by atoms with Gasteiger partial charge in [0.15, 0.2) is 0 Å². The van der Waals surface area contributed by atoms with E-state index in [9.17, 15) is 13.2 Å². The van der Waals surface area contributed by atoms with Crippen LogP contribution in [0.25, 0.3) is 0 Å². The molecule has 1 rings (SSSR count). The molecule has 0 spiro atoms. The van der Waals surface area contributed by atoms with Crippen molar-refractivity contribution in [3.63, 3.8) is 0 Å². The van der Waals surface area contributed by atoms with Crippen LogP contribution in [0.1, 0.15) is 26.7 Å². The minimum Gasteiger partial charge on any atom is -0.495 e. The molecule has 6 nitrogen and oxygen atoms in total. The summed E-state index contributed by atoms with van der Waals surface area (Å²) in [6, 6.07) is 6.23. The standard InChI is InChI=1S/C14H21NO5S/c1-5-10-14(2,13(16)20-4)15-21(17,18)12-9-7-6-8-11(12)19-3/h6-9,15H,5,10H2,1-4H3. The predicted octanol–water partition coefficient (Wildman–Crippen LogP) is 1.71. The van der Waals surface area contributed by atoms with Gasteiger partial charge < -0.3 is 9.47 Å². The molecule has 1 N–H and O–H groups in total. The Morgan fingerprint density at radius 1 is 1.29 bits per heavy atom. The average molecular weight is 315 g/mol. The first-order valence-electron chi connectivity index (χ1n) is 6.56. The van der Waals surface area contributed by atoms with Crippen LogP contribution in [0.15, 0.2) is 29.2 Å². The molecule has 0 fully saturated rings. The van der Waals surface area contributed by atoms with Crippen molar-refractivity contribution in [1.82, 2.24) is 4.72 Å². The molecule has 0 aromatic heterocycles. The highest BCUT2D eigenvalue weighted by Crippen LogP contribution is 2.25. The lowest BCUT2D eigenvalue weighted by atomic mass is 9.98. The molecule has 118 valence electrons. The summed E-state index contributed by atoms with van der Waals surface area (Å²) in [5, 5.41) is 0. The Bertz CT molecular complexity index is 599. The molecule has 0 saturated carbocycles. The molecule has 0 bridgehead atoms. The van der Waals surface area contributed by atoms with E-state index < -0.39 is 21.5 Å². The number of esters is 1. The van der Waals surface area contributed by atoms with E-state index in [0.29, 0.717) is 12.8 Å². The largest absolute Gasteiger partial charge is 0.495 e. The lowest BCUT2D eigenvalue weighted by Gasteiger charge is -2.27. The summed E-state index contributed by atoms with van der Waals surface area (Å²) >= 11 is 0. The SMILES string of the molecule is CCCC(C)(NS(=O)(=O)c1ccccc1OC)C(=O)OC. The molecule has 7 heteroatoms. The fourth-order valence-corrected chi connectivity index (χ4v) is 3.67. The average Bonchev–Trinajstić information content (AvgIpc) is 2.45. The smallest absolute Gasteiger partial charge is 0.326 e. The third-order valence-electron chi connectivity index (χ3n) is 3.10. The van der Waals surface area contributed by atoms with Gasteiger partial charge in [0.2, 0.25) is 10.0 Å². The molecule has 21 heavy (non-hydrogen) atoms. The molecule has 0 amide bonds. The second kappa shape index (κ2) is 6.91. The number of hydrogen-bond acceptors (Lipinski definition) is 5. The summed E-state index contributed by atoms with van der Waals surface area (Å²) < 4.78 is 37.2. The van der Waals surface area contributed by atoms with E-state index in [0.717, 1.165) is 0 Å². The van der Waals surface area contributed by atoms with E-state index in [1.54, 1.807) is 18.2 Å². The Labute approximate surface area is 125 Å². The first-order chi connectivity index (χ1) is 9.80. The fourth-order valence-electron chi connectivity index (χ4n) is 2.11. The van der Waals surface area contributed by atoms with Gasteiger partial charge in [-0.05, 0) is 25.5 Å². The summed E-state index contributed by atoms with van der Waals surface area (Å²) in [7, 11) is -1.30. The lowest BCUT2D eigenvalue weighted by molar-refractivity contribution is -0.147. The minimum atomic E-state index is -3.91. The Kier molecular flexibility index (Phi) is 5.74. The number of para-hydroxylation sites is 1. The van der Waals surface area contributed by atoms with Crippen LogP contribution in [0.2, 0.25) is 0 Å². The van der Waals surface area contributed by atoms with Crippen molar-refractivity contribution in [2.75, 3.05) is 14.2 Å². The van der Waals surface area contributed by atoms with Crippen LogP contribution in [0, 0.1) is 0 Å². The van der Waals surface area contributed by atoms with Crippen molar-refractivity contribution in [3.8, 4) is 5.75 Å². The summed E-state index contributed by atoms with van der Waals surface area (Å²) in [4.78, 5) is 11.9. The van der Waals surface area contributed by atoms with Gasteiger partial charge in [-0.1, -0.05) is 25.5 Å². The number of ether oxygens (including phenoxy) is 2. The maximum atomic E-state index is 12.5. The number of methoxy groups -OCH3 is 2. The molecule has 0 saturated heterocycles. The molecule has 0 heterocycles. The maximum absolute atomic E-state index is 12.5. The van der Waals surface area contributed by atoms with Gasteiger partial charge in [-0.3, -0.25) is 4.79 Å². The monoisotopic (exact) mass is 315 g/mol. The Balaban J connectivity index is 3.21.